The lowest BCUT2D eigenvalue weighted by atomic mass is 10.1. The molecule has 0 aliphatic heterocycles. The van der Waals surface area contributed by atoms with Crippen molar-refractivity contribution in [1.29, 1.82) is 0 Å². The van der Waals surface area contributed by atoms with Crippen molar-refractivity contribution < 1.29 is 9.47 Å². The van der Waals surface area contributed by atoms with Gasteiger partial charge in [-0.05, 0) is 33.6 Å². The van der Waals surface area contributed by atoms with E-state index in [9.17, 15) is 0 Å². The first-order chi connectivity index (χ1) is 9.55. The molecule has 0 saturated carbocycles. The van der Waals surface area contributed by atoms with Crippen LogP contribution in [0, 0.1) is 0 Å². The van der Waals surface area contributed by atoms with Crippen LogP contribution in [0.2, 0.25) is 0 Å². The Kier molecular flexibility index (Phi) is 6.04. The second-order valence-corrected chi connectivity index (χ2v) is 4.92. The molecular formula is C13H16BrClN4O2. The van der Waals surface area contributed by atoms with Gasteiger partial charge in [-0.15, -0.1) is 12.4 Å². The Morgan fingerprint density at radius 3 is 2.19 bits per heavy atom. The number of halogens is 2. The van der Waals surface area contributed by atoms with E-state index in [1.165, 1.54) is 0 Å². The van der Waals surface area contributed by atoms with E-state index in [0.29, 0.717) is 23.7 Å². The fraction of sp³-hybridized carbons (Fsp3) is 0.231. The van der Waals surface area contributed by atoms with Gasteiger partial charge in [0.25, 0.3) is 0 Å². The van der Waals surface area contributed by atoms with Gasteiger partial charge in [0, 0.05) is 18.2 Å². The summed E-state index contributed by atoms with van der Waals surface area (Å²) < 4.78 is 11.4. The molecule has 0 spiro atoms. The third-order valence-electron chi connectivity index (χ3n) is 2.82. The molecule has 2 aromatic rings. The summed E-state index contributed by atoms with van der Waals surface area (Å²) in [5.41, 5.74) is 13.1. The highest BCUT2D eigenvalue weighted by atomic mass is 79.9. The number of nitrogens with two attached hydrogens (primary N) is 2. The van der Waals surface area contributed by atoms with Gasteiger partial charge in [-0.3, -0.25) is 0 Å². The van der Waals surface area contributed by atoms with Gasteiger partial charge < -0.3 is 20.9 Å². The third kappa shape index (κ3) is 3.89. The van der Waals surface area contributed by atoms with E-state index < -0.39 is 0 Å². The number of ether oxygens (including phenoxy) is 2. The molecule has 0 amide bonds. The molecule has 1 heterocycles. The molecule has 0 aliphatic rings. The number of benzene rings is 1. The number of hydrogen-bond donors (Lipinski definition) is 2. The minimum atomic E-state index is 0. The first-order valence-electron chi connectivity index (χ1n) is 5.82. The number of aromatic nitrogens is 2. The largest absolute Gasteiger partial charge is 0.495 e. The maximum Gasteiger partial charge on any atom is 0.221 e. The molecular weight excluding hydrogens is 360 g/mol. The maximum atomic E-state index is 5.84. The molecule has 21 heavy (non-hydrogen) atoms. The molecule has 1 aromatic heterocycles. The fourth-order valence-electron chi connectivity index (χ4n) is 1.82. The zero-order valence-electron chi connectivity index (χ0n) is 11.6. The van der Waals surface area contributed by atoms with Crippen LogP contribution in [0.15, 0.2) is 22.8 Å². The van der Waals surface area contributed by atoms with E-state index in [0.717, 1.165) is 15.6 Å². The quantitative estimate of drug-likeness (QED) is 0.852. The van der Waals surface area contributed by atoms with Crippen molar-refractivity contribution in [2.75, 3.05) is 25.7 Å². The Morgan fingerprint density at radius 2 is 1.71 bits per heavy atom. The van der Waals surface area contributed by atoms with Crippen molar-refractivity contribution in [3.05, 3.63) is 33.9 Å². The van der Waals surface area contributed by atoms with Crippen LogP contribution in [-0.4, -0.2) is 24.2 Å². The highest BCUT2D eigenvalue weighted by Gasteiger charge is 2.12. The highest BCUT2D eigenvalue weighted by Crippen LogP contribution is 2.36. The van der Waals surface area contributed by atoms with E-state index in [2.05, 4.69) is 25.9 Å². The van der Waals surface area contributed by atoms with Gasteiger partial charge in [-0.25, -0.2) is 4.98 Å². The Morgan fingerprint density at radius 1 is 1.14 bits per heavy atom. The predicted molar refractivity (Wildman–Crippen MR) is 88.2 cm³/mol. The van der Waals surface area contributed by atoms with Crippen molar-refractivity contribution in [2.24, 2.45) is 0 Å². The molecule has 0 unspecified atom stereocenters. The van der Waals surface area contributed by atoms with Crippen LogP contribution in [0.1, 0.15) is 11.1 Å². The number of hydrogen-bond acceptors (Lipinski definition) is 6. The molecule has 2 rings (SSSR count). The molecule has 1 aromatic carbocycles. The van der Waals surface area contributed by atoms with E-state index in [4.69, 9.17) is 20.9 Å². The molecule has 4 N–H and O–H groups in total. The zero-order valence-corrected chi connectivity index (χ0v) is 14.0. The Hall–Kier alpha value is -1.73. The number of methoxy groups -OCH3 is 2. The number of nitrogen functional groups attached to an aromatic ring is 2. The summed E-state index contributed by atoms with van der Waals surface area (Å²) >= 11 is 3.43. The summed E-state index contributed by atoms with van der Waals surface area (Å²) in [7, 11) is 3.20. The average molecular weight is 376 g/mol. The van der Waals surface area contributed by atoms with Crippen molar-refractivity contribution in [3.8, 4) is 11.5 Å². The zero-order chi connectivity index (χ0) is 14.7. The van der Waals surface area contributed by atoms with Crippen LogP contribution in [-0.2, 0) is 6.42 Å². The van der Waals surface area contributed by atoms with Crippen LogP contribution in [0.25, 0.3) is 0 Å². The molecule has 0 aliphatic carbocycles. The van der Waals surface area contributed by atoms with E-state index in [1.54, 1.807) is 20.4 Å². The first-order valence-corrected chi connectivity index (χ1v) is 6.61. The Balaban J connectivity index is 0.00000220. The van der Waals surface area contributed by atoms with Gasteiger partial charge in [0.1, 0.15) is 21.8 Å². The van der Waals surface area contributed by atoms with Crippen LogP contribution < -0.4 is 20.9 Å². The molecule has 0 radical (unpaired) electrons. The number of nitrogens with zero attached hydrogens (tertiary/aromatic N) is 2. The van der Waals surface area contributed by atoms with Gasteiger partial charge in [-0.1, -0.05) is 0 Å². The van der Waals surface area contributed by atoms with Crippen molar-refractivity contribution in [1.82, 2.24) is 9.97 Å². The summed E-state index contributed by atoms with van der Waals surface area (Å²) in [6.07, 6.45) is 2.19. The second kappa shape index (κ2) is 7.33. The summed E-state index contributed by atoms with van der Waals surface area (Å²) in [4.78, 5) is 7.90. The lowest BCUT2D eigenvalue weighted by molar-refractivity contribution is 0.388. The third-order valence-corrected chi connectivity index (χ3v) is 3.60. The van der Waals surface area contributed by atoms with Crippen molar-refractivity contribution in [2.45, 2.75) is 6.42 Å². The van der Waals surface area contributed by atoms with Crippen LogP contribution >= 0.6 is 28.3 Å². The average Bonchev–Trinajstić information content (AvgIpc) is 2.43. The van der Waals surface area contributed by atoms with Crippen LogP contribution in [0.4, 0.5) is 11.8 Å². The van der Waals surface area contributed by atoms with E-state index >= 15 is 0 Å². The molecule has 0 fully saturated rings. The standard InChI is InChI=1S/C13H15BrN4O2.ClH/c1-19-9-4-7(5-10(20-2)11(9)14)3-8-6-17-13(16)18-12(8)15;/h4-6H,3H2,1-2H3,(H4,15,16,17,18);1H. The number of anilines is 2. The maximum absolute atomic E-state index is 5.84. The summed E-state index contributed by atoms with van der Waals surface area (Å²) in [6, 6.07) is 3.81. The van der Waals surface area contributed by atoms with Gasteiger partial charge in [0.15, 0.2) is 0 Å². The molecule has 8 heteroatoms. The molecule has 6 nitrogen and oxygen atoms in total. The minimum Gasteiger partial charge on any atom is -0.495 e. The van der Waals surface area contributed by atoms with Gasteiger partial charge in [0.2, 0.25) is 5.95 Å². The lowest BCUT2D eigenvalue weighted by Crippen LogP contribution is -2.04. The molecule has 0 bridgehead atoms. The highest BCUT2D eigenvalue weighted by molar-refractivity contribution is 9.10. The summed E-state index contributed by atoms with van der Waals surface area (Å²) in [5, 5.41) is 0. The van der Waals surface area contributed by atoms with Gasteiger partial charge in [0.05, 0.1) is 14.2 Å². The van der Waals surface area contributed by atoms with Crippen molar-refractivity contribution in [3.63, 3.8) is 0 Å². The van der Waals surface area contributed by atoms with Crippen LogP contribution in [0.5, 0.6) is 11.5 Å². The monoisotopic (exact) mass is 374 g/mol. The molecule has 0 atom stereocenters. The second-order valence-electron chi connectivity index (χ2n) is 4.13. The smallest absolute Gasteiger partial charge is 0.221 e. The Labute approximate surface area is 137 Å². The molecule has 0 saturated heterocycles. The topological polar surface area (TPSA) is 96.3 Å². The van der Waals surface area contributed by atoms with E-state index in [-0.39, 0.29) is 18.4 Å². The SMILES string of the molecule is COc1cc(Cc2cnc(N)nc2N)cc(OC)c1Br.Cl. The van der Waals surface area contributed by atoms with Crippen molar-refractivity contribution >= 4 is 40.1 Å². The summed E-state index contributed by atoms with van der Waals surface area (Å²) in [6.45, 7) is 0. The lowest BCUT2D eigenvalue weighted by Gasteiger charge is -2.12. The number of rotatable bonds is 4. The fourth-order valence-corrected chi connectivity index (χ4v) is 2.37. The minimum absolute atomic E-state index is 0. The Bertz CT molecular complexity index is 615. The molecule has 114 valence electrons. The first kappa shape index (κ1) is 17.3. The normalized spacial score (nSPS) is 9.86. The van der Waals surface area contributed by atoms with Gasteiger partial charge >= 0.3 is 0 Å². The van der Waals surface area contributed by atoms with E-state index in [1.807, 2.05) is 12.1 Å². The summed E-state index contributed by atoms with van der Waals surface area (Å²) in [5.74, 6) is 1.92. The van der Waals surface area contributed by atoms with Gasteiger partial charge in [-0.2, -0.15) is 4.98 Å². The predicted octanol–water partition coefficient (Wildman–Crippen LogP) is 2.43. The van der Waals surface area contributed by atoms with Crippen LogP contribution in [0.3, 0.4) is 0 Å².